The third kappa shape index (κ3) is 3.57. The molecule has 1 saturated heterocycles. The Kier molecular flexibility index (Phi) is 5.25. The van der Waals surface area contributed by atoms with Crippen molar-refractivity contribution in [2.45, 2.75) is 30.4 Å². The van der Waals surface area contributed by atoms with Crippen LogP contribution in [0.4, 0.5) is 0 Å². The lowest BCUT2D eigenvalue weighted by Crippen LogP contribution is -2.42. The summed E-state index contributed by atoms with van der Waals surface area (Å²) in [6.07, 6.45) is 1.13. The molecule has 1 N–H and O–H groups in total. The Morgan fingerprint density at radius 2 is 1.81 bits per heavy atom. The molecule has 0 spiro atoms. The lowest BCUT2D eigenvalue weighted by molar-refractivity contribution is -0.137. The molecule has 3 rings (SSSR count). The van der Waals surface area contributed by atoms with Gasteiger partial charge in [-0.1, -0.05) is 42.3 Å². The van der Waals surface area contributed by atoms with E-state index in [-0.39, 0.29) is 5.75 Å². The van der Waals surface area contributed by atoms with Crippen molar-refractivity contribution in [2.24, 2.45) is 0 Å². The number of carboxylic acid groups (broad SMARTS) is 1. The van der Waals surface area contributed by atoms with Crippen molar-refractivity contribution in [1.29, 1.82) is 0 Å². The fraction of sp³-hybridized carbons (Fsp3) is 0.316. The van der Waals surface area contributed by atoms with Crippen molar-refractivity contribution in [3.8, 4) is 11.5 Å². The van der Waals surface area contributed by atoms with Crippen molar-refractivity contribution in [2.75, 3.05) is 5.75 Å². The van der Waals surface area contributed by atoms with Crippen molar-refractivity contribution in [1.82, 2.24) is 0 Å². The van der Waals surface area contributed by atoms with Gasteiger partial charge in [0.05, 0.1) is 17.2 Å². The maximum Gasteiger partial charge on any atom is 0.305 e. The summed E-state index contributed by atoms with van der Waals surface area (Å²) in [7, 11) is -3.55. The second-order valence-corrected chi connectivity index (χ2v) is 9.22. The van der Waals surface area contributed by atoms with E-state index in [1.165, 1.54) is 0 Å². The molecule has 7 heteroatoms. The highest BCUT2D eigenvalue weighted by atomic mass is 35.5. The van der Waals surface area contributed by atoms with E-state index in [9.17, 15) is 18.3 Å². The lowest BCUT2D eigenvalue weighted by Gasteiger charge is -2.36. The molecule has 1 atom stereocenters. The zero-order chi connectivity index (χ0) is 18.8. The van der Waals surface area contributed by atoms with Crippen LogP contribution in [-0.2, 0) is 19.4 Å². The van der Waals surface area contributed by atoms with Crippen LogP contribution in [-0.4, -0.2) is 25.2 Å². The minimum absolute atomic E-state index is 0.0121. The predicted molar refractivity (Wildman–Crippen MR) is 99.5 cm³/mol. The van der Waals surface area contributed by atoms with Gasteiger partial charge in [0.2, 0.25) is 0 Å². The van der Waals surface area contributed by atoms with Gasteiger partial charge in [0, 0.05) is 0 Å². The van der Waals surface area contributed by atoms with E-state index < -0.39 is 27.0 Å². The number of rotatable bonds is 5. The third-order valence-corrected chi connectivity index (χ3v) is 7.63. The molecule has 0 radical (unpaired) electrons. The van der Waals surface area contributed by atoms with Gasteiger partial charge < -0.3 is 9.84 Å². The number of hydrogen-bond donors (Lipinski definition) is 1. The molecule has 1 aliphatic heterocycles. The van der Waals surface area contributed by atoms with Crippen LogP contribution in [0.15, 0.2) is 48.5 Å². The smallest absolute Gasteiger partial charge is 0.305 e. The van der Waals surface area contributed by atoms with E-state index in [0.717, 1.165) is 0 Å². The van der Waals surface area contributed by atoms with Gasteiger partial charge in [0.25, 0.3) is 0 Å². The van der Waals surface area contributed by atoms with Crippen LogP contribution in [0.25, 0.3) is 0 Å². The molecule has 1 aliphatic rings. The van der Waals surface area contributed by atoms with Crippen LogP contribution in [0, 0.1) is 0 Å². The largest absolute Gasteiger partial charge is 0.481 e. The summed E-state index contributed by atoms with van der Waals surface area (Å²) in [5.41, 5.74) is 0.492. The Hall–Kier alpha value is -2.05. The third-order valence-electron chi connectivity index (χ3n) is 4.72. The molecule has 0 saturated carbocycles. The molecule has 1 fully saturated rings. The molecule has 2 aromatic carbocycles. The van der Waals surface area contributed by atoms with Crippen LogP contribution < -0.4 is 4.74 Å². The van der Waals surface area contributed by atoms with E-state index in [2.05, 4.69) is 0 Å². The van der Waals surface area contributed by atoms with Crippen LogP contribution in [0.5, 0.6) is 11.5 Å². The Morgan fingerprint density at radius 1 is 1.12 bits per heavy atom. The summed E-state index contributed by atoms with van der Waals surface area (Å²) in [5, 5.41) is 9.77. The van der Waals surface area contributed by atoms with Gasteiger partial charge in [-0.05, 0) is 42.7 Å². The minimum Gasteiger partial charge on any atom is -0.481 e. The van der Waals surface area contributed by atoms with Gasteiger partial charge in [0.1, 0.15) is 16.2 Å². The van der Waals surface area contributed by atoms with Crippen molar-refractivity contribution in [3.63, 3.8) is 0 Å². The van der Waals surface area contributed by atoms with Gasteiger partial charge in [-0.3, -0.25) is 4.79 Å². The molecule has 0 aromatic heterocycles. The summed E-state index contributed by atoms with van der Waals surface area (Å²) < 4.78 is 29.8. The molecule has 1 unspecified atom stereocenters. The molecule has 0 amide bonds. The molecular weight excluding hydrogens is 376 g/mol. The van der Waals surface area contributed by atoms with Gasteiger partial charge >= 0.3 is 5.97 Å². The predicted octanol–water partition coefficient (Wildman–Crippen LogP) is 4.40. The topological polar surface area (TPSA) is 80.7 Å². The average molecular weight is 395 g/mol. The minimum atomic E-state index is -3.55. The zero-order valence-electron chi connectivity index (χ0n) is 14.0. The van der Waals surface area contributed by atoms with Crippen LogP contribution >= 0.6 is 11.6 Å². The first kappa shape index (κ1) is 18.7. The highest BCUT2D eigenvalue weighted by Gasteiger charge is 2.48. The molecule has 138 valence electrons. The quantitative estimate of drug-likeness (QED) is 0.812. The van der Waals surface area contributed by atoms with E-state index in [4.69, 9.17) is 16.3 Å². The number of ether oxygens (including phenoxy) is 1. The van der Waals surface area contributed by atoms with E-state index in [1.807, 2.05) is 0 Å². The molecule has 0 bridgehead atoms. The zero-order valence-corrected chi connectivity index (χ0v) is 15.6. The molecule has 26 heavy (non-hydrogen) atoms. The van der Waals surface area contributed by atoms with Crippen LogP contribution in [0.1, 0.15) is 31.2 Å². The number of para-hydroxylation sites is 1. The highest BCUT2D eigenvalue weighted by Crippen LogP contribution is 2.43. The van der Waals surface area contributed by atoms with Gasteiger partial charge in [-0.25, -0.2) is 8.42 Å². The van der Waals surface area contributed by atoms with Crippen molar-refractivity contribution in [3.05, 3.63) is 59.1 Å². The number of halogens is 1. The normalized spacial score (nSPS) is 21.9. The summed E-state index contributed by atoms with van der Waals surface area (Å²) in [5.74, 6) is -0.113. The number of hydrogen-bond acceptors (Lipinski definition) is 4. The SMILES string of the molecule is O=C(O)CC1(c2ccc(Oc3ccccc3Cl)cc2)CCCCS1(=O)=O. The van der Waals surface area contributed by atoms with Crippen molar-refractivity contribution < 1.29 is 23.1 Å². The first-order valence-corrected chi connectivity index (χ1v) is 10.3. The molecule has 1 heterocycles. The Labute approximate surface area is 157 Å². The fourth-order valence-corrected chi connectivity index (χ4v) is 5.85. The van der Waals surface area contributed by atoms with Crippen molar-refractivity contribution >= 4 is 27.4 Å². The van der Waals surface area contributed by atoms with Crippen LogP contribution in [0.2, 0.25) is 5.02 Å². The number of carbonyl (C=O) groups is 1. The van der Waals surface area contributed by atoms with E-state index in [0.29, 0.717) is 41.3 Å². The highest BCUT2D eigenvalue weighted by molar-refractivity contribution is 7.92. The molecular formula is C19H19ClO5S. The Bertz CT molecular complexity index is 908. The Balaban J connectivity index is 1.94. The van der Waals surface area contributed by atoms with Crippen LogP contribution in [0.3, 0.4) is 0 Å². The summed E-state index contributed by atoms with van der Waals surface area (Å²) in [4.78, 5) is 11.4. The van der Waals surface area contributed by atoms with Gasteiger partial charge in [-0.15, -0.1) is 0 Å². The number of sulfone groups is 1. The molecule has 5 nitrogen and oxygen atoms in total. The Morgan fingerprint density at radius 3 is 2.42 bits per heavy atom. The molecule has 0 aliphatic carbocycles. The second-order valence-electron chi connectivity index (χ2n) is 6.40. The second kappa shape index (κ2) is 7.29. The number of benzene rings is 2. The number of aliphatic carboxylic acids is 1. The lowest BCUT2D eigenvalue weighted by atomic mass is 9.89. The number of carboxylic acids is 1. The maximum absolute atomic E-state index is 12.7. The maximum atomic E-state index is 12.7. The standard InChI is InChI=1S/C19H19ClO5S/c20-16-5-1-2-6-17(16)25-15-9-7-14(8-10-15)19(13-18(21)22)11-3-4-12-26(19,23)24/h1-2,5-10H,3-4,11-13H2,(H,21,22). The van der Waals surface area contributed by atoms with Gasteiger partial charge in [0.15, 0.2) is 9.84 Å². The van der Waals surface area contributed by atoms with E-state index >= 15 is 0 Å². The first-order valence-electron chi connectivity index (χ1n) is 8.31. The fourth-order valence-electron chi connectivity index (χ4n) is 3.40. The van der Waals surface area contributed by atoms with Gasteiger partial charge in [-0.2, -0.15) is 0 Å². The molecule has 2 aromatic rings. The first-order chi connectivity index (χ1) is 12.3. The summed E-state index contributed by atoms with van der Waals surface area (Å²) in [6, 6.07) is 13.6. The van der Waals surface area contributed by atoms with E-state index in [1.54, 1.807) is 48.5 Å². The summed E-state index contributed by atoms with van der Waals surface area (Å²) >= 11 is 6.07. The summed E-state index contributed by atoms with van der Waals surface area (Å²) in [6.45, 7) is 0. The monoisotopic (exact) mass is 394 g/mol. The average Bonchev–Trinajstić information content (AvgIpc) is 2.59.